The van der Waals surface area contributed by atoms with E-state index in [-0.39, 0.29) is 6.23 Å². The second-order valence-electron chi connectivity index (χ2n) is 9.62. The molecule has 2 aliphatic heterocycles. The first-order valence-electron chi connectivity index (χ1n) is 12.7. The number of hydrogen-bond donors (Lipinski definition) is 1. The predicted molar refractivity (Wildman–Crippen MR) is 143 cm³/mol. The summed E-state index contributed by atoms with van der Waals surface area (Å²) in [4.78, 5) is 4.26. The Morgan fingerprint density at radius 1 is 1.05 bits per heavy atom. The van der Waals surface area contributed by atoms with Gasteiger partial charge in [0.2, 0.25) is 0 Å². The SMILES string of the molecule is Clc1ncccc1-c1ccc2c(c1)c(-c1cn(-c3ccc4c(c3)CNCC4)nn1)nn2C1CCCCO1. The van der Waals surface area contributed by atoms with Gasteiger partial charge in [-0.25, -0.2) is 14.3 Å². The van der Waals surface area contributed by atoms with Crippen molar-refractivity contribution in [3.05, 3.63) is 77.2 Å². The maximum absolute atomic E-state index is 6.43. The van der Waals surface area contributed by atoms with E-state index in [1.165, 1.54) is 11.1 Å². The number of aromatic nitrogens is 6. The number of nitrogens with zero attached hydrogens (tertiary/aromatic N) is 6. The van der Waals surface area contributed by atoms with Gasteiger partial charge in [0.1, 0.15) is 16.5 Å². The Labute approximate surface area is 219 Å². The molecule has 0 bridgehead atoms. The van der Waals surface area contributed by atoms with Crippen molar-refractivity contribution < 1.29 is 4.74 Å². The van der Waals surface area contributed by atoms with Gasteiger partial charge in [0.15, 0.2) is 6.23 Å². The summed E-state index contributed by atoms with van der Waals surface area (Å²) < 4.78 is 9.93. The lowest BCUT2D eigenvalue weighted by atomic mass is 10.0. The van der Waals surface area contributed by atoms with Crippen LogP contribution in [-0.2, 0) is 17.7 Å². The van der Waals surface area contributed by atoms with E-state index in [1.807, 2.05) is 27.7 Å². The molecule has 1 atom stereocenters. The number of pyridine rings is 1. The van der Waals surface area contributed by atoms with Gasteiger partial charge in [0.05, 0.1) is 17.4 Å². The lowest BCUT2D eigenvalue weighted by Crippen LogP contribution is -2.23. The number of ether oxygens (including phenoxy) is 1. The fraction of sp³-hybridized carbons (Fsp3) is 0.286. The fourth-order valence-electron chi connectivity index (χ4n) is 5.34. The molecule has 3 aromatic heterocycles. The standard InChI is InChI=1S/C28H26ClN7O/c29-28-22(4-3-11-31-28)19-7-9-25-23(15-19)27(33-36(25)26-5-1-2-13-37-26)24-17-35(34-32-24)21-8-6-18-10-12-30-16-20(18)14-21/h3-4,6-9,11,14-15,17,26,30H,1-2,5,10,12-13,16H2. The molecule has 1 saturated heterocycles. The normalized spacial score (nSPS) is 17.7. The van der Waals surface area contributed by atoms with Crippen LogP contribution in [0.1, 0.15) is 36.6 Å². The highest BCUT2D eigenvalue weighted by Crippen LogP contribution is 2.36. The first kappa shape index (κ1) is 22.6. The van der Waals surface area contributed by atoms with Gasteiger partial charge >= 0.3 is 0 Å². The van der Waals surface area contributed by atoms with Crippen LogP contribution in [0.5, 0.6) is 0 Å². The Morgan fingerprint density at radius 3 is 2.92 bits per heavy atom. The van der Waals surface area contributed by atoms with Gasteiger partial charge in [-0.15, -0.1) is 5.10 Å². The molecule has 5 heterocycles. The molecule has 1 unspecified atom stereocenters. The van der Waals surface area contributed by atoms with Crippen LogP contribution in [0.2, 0.25) is 5.15 Å². The van der Waals surface area contributed by atoms with E-state index in [2.05, 4.69) is 57.0 Å². The zero-order valence-electron chi connectivity index (χ0n) is 20.3. The predicted octanol–water partition coefficient (Wildman–Crippen LogP) is 5.34. The van der Waals surface area contributed by atoms with Gasteiger partial charge in [-0.1, -0.05) is 28.9 Å². The van der Waals surface area contributed by atoms with Crippen LogP contribution in [0.15, 0.2) is 60.9 Å². The molecule has 0 spiro atoms. The van der Waals surface area contributed by atoms with Crippen LogP contribution in [0, 0.1) is 0 Å². The van der Waals surface area contributed by atoms with Gasteiger partial charge in [-0.2, -0.15) is 5.10 Å². The molecule has 0 amide bonds. The van der Waals surface area contributed by atoms with E-state index in [0.717, 1.165) is 78.8 Å². The van der Waals surface area contributed by atoms with Gasteiger partial charge in [-0.05, 0) is 85.3 Å². The smallest absolute Gasteiger partial charge is 0.150 e. The molecule has 186 valence electrons. The van der Waals surface area contributed by atoms with Crippen molar-refractivity contribution >= 4 is 22.5 Å². The Hall–Kier alpha value is -3.59. The molecule has 0 radical (unpaired) electrons. The van der Waals surface area contributed by atoms with Crippen LogP contribution >= 0.6 is 11.6 Å². The number of benzene rings is 2. The molecule has 37 heavy (non-hydrogen) atoms. The molecule has 0 aliphatic carbocycles. The van der Waals surface area contributed by atoms with Crippen LogP contribution in [0.4, 0.5) is 0 Å². The van der Waals surface area contributed by atoms with Gasteiger partial charge < -0.3 is 10.1 Å². The van der Waals surface area contributed by atoms with Gasteiger partial charge in [-0.3, -0.25) is 0 Å². The summed E-state index contributed by atoms with van der Waals surface area (Å²) >= 11 is 6.43. The molecule has 9 heteroatoms. The largest absolute Gasteiger partial charge is 0.356 e. The maximum Gasteiger partial charge on any atom is 0.150 e. The van der Waals surface area contributed by atoms with E-state index in [1.54, 1.807) is 6.20 Å². The summed E-state index contributed by atoms with van der Waals surface area (Å²) in [5.41, 5.74) is 8.03. The molecule has 2 aliphatic rings. The number of hydrogen-bond acceptors (Lipinski definition) is 6. The fourth-order valence-corrected chi connectivity index (χ4v) is 5.57. The maximum atomic E-state index is 6.43. The molecule has 2 aromatic carbocycles. The molecule has 7 rings (SSSR count). The monoisotopic (exact) mass is 511 g/mol. The Kier molecular flexibility index (Phi) is 5.72. The number of halogens is 1. The van der Waals surface area contributed by atoms with Crippen molar-refractivity contribution in [2.75, 3.05) is 13.2 Å². The Balaban J connectivity index is 1.34. The minimum absolute atomic E-state index is 0.0963. The topological polar surface area (TPSA) is 82.7 Å². The Morgan fingerprint density at radius 2 is 2.03 bits per heavy atom. The lowest BCUT2D eigenvalue weighted by molar-refractivity contribution is -0.0365. The first-order valence-corrected chi connectivity index (χ1v) is 13.1. The lowest BCUT2D eigenvalue weighted by Gasteiger charge is -2.23. The third kappa shape index (κ3) is 4.11. The van der Waals surface area contributed by atoms with E-state index >= 15 is 0 Å². The quantitative estimate of drug-likeness (QED) is 0.328. The van der Waals surface area contributed by atoms with Crippen molar-refractivity contribution in [2.45, 2.75) is 38.5 Å². The third-order valence-corrected chi connectivity index (χ3v) is 7.58. The van der Waals surface area contributed by atoms with Crippen LogP contribution in [0.3, 0.4) is 0 Å². The number of rotatable bonds is 4. The minimum atomic E-state index is -0.0963. The number of nitrogens with one attached hydrogen (secondary N) is 1. The summed E-state index contributed by atoms with van der Waals surface area (Å²) in [7, 11) is 0. The molecule has 0 saturated carbocycles. The number of fused-ring (bicyclic) bond motifs is 2. The summed E-state index contributed by atoms with van der Waals surface area (Å²) in [5, 5.41) is 18.9. The third-order valence-electron chi connectivity index (χ3n) is 7.28. The average Bonchev–Trinajstić information content (AvgIpc) is 3.59. The average molecular weight is 512 g/mol. The first-order chi connectivity index (χ1) is 18.2. The zero-order chi connectivity index (χ0) is 24.8. The zero-order valence-corrected chi connectivity index (χ0v) is 21.0. The molecule has 1 N–H and O–H groups in total. The van der Waals surface area contributed by atoms with Crippen LogP contribution < -0.4 is 5.32 Å². The molecule has 1 fully saturated rings. The molecular formula is C28H26ClN7O. The molecule has 8 nitrogen and oxygen atoms in total. The van der Waals surface area contributed by atoms with Crippen molar-refractivity contribution in [1.82, 2.24) is 35.1 Å². The van der Waals surface area contributed by atoms with Crippen molar-refractivity contribution in [1.29, 1.82) is 0 Å². The van der Waals surface area contributed by atoms with Crippen molar-refractivity contribution in [2.24, 2.45) is 0 Å². The summed E-state index contributed by atoms with van der Waals surface area (Å²) in [5.74, 6) is 0. The van der Waals surface area contributed by atoms with Crippen LogP contribution in [-0.4, -0.2) is 42.9 Å². The summed E-state index contributed by atoms with van der Waals surface area (Å²) in [6.07, 6.45) is 7.74. The van der Waals surface area contributed by atoms with Gasteiger partial charge in [0, 0.05) is 30.3 Å². The van der Waals surface area contributed by atoms with Crippen molar-refractivity contribution in [3.63, 3.8) is 0 Å². The highest BCUT2D eigenvalue weighted by atomic mass is 35.5. The Bertz CT molecular complexity index is 1600. The highest BCUT2D eigenvalue weighted by molar-refractivity contribution is 6.32. The minimum Gasteiger partial charge on any atom is -0.356 e. The highest BCUT2D eigenvalue weighted by Gasteiger charge is 2.24. The summed E-state index contributed by atoms with van der Waals surface area (Å²) in [6, 6.07) is 16.6. The van der Waals surface area contributed by atoms with Crippen molar-refractivity contribution in [3.8, 4) is 28.2 Å². The van der Waals surface area contributed by atoms with E-state index in [9.17, 15) is 0 Å². The second-order valence-corrected chi connectivity index (χ2v) is 9.97. The van der Waals surface area contributed by atoms with E-state index in [0.29, 0.717) is 10.8 Å². The van der Waals surface area contributed by atoms with Crippen LogP contribution in [0.25, 0.3) is 39.1 Å². The second kappa shape index (κ2) is 9.37. The molecule has 5 aromatic rings. The molecular weight excluding hydrogens is 486 g/mol. The van der Waals surface area contributed by atoms with Gasteiger partial charge in [0.25, 0.3) is 0 Å². The summed E-state index contributed by atoms with van der Waals surface area (Å²) in [6.45, 7) is 2.64. The van der Waals surface area contributed by atoms with E-state index < -0.39 is 0 Å². The van der Waals surface area contributed by atoms with E-state index in [4.69, 9.17) is 21.4 Å².